The van der Waals surface area contributed by atoms with Crippen LogP contribution in [0.25, 0.3) is 0 Å². The second kappa shape index (κ2) is 13.1. The van der Waals surface area contributed by atoms with E-state index in [1.54, 1.807) is 6.08 Å². The maximum absolute atomic E-state index is 11.7. The first-order valence-electron chi connectivity index (χ1n) is 7.90. The Morgan fingerprint density at radius 2 is 1.85 bits per heavy atom. The molecule has 4 heteroatoms. The molecule has 0 aliphatic carbocycles. The molecule has 0 radical (unpaired) electrons. The van der Waals surface area contributed by atoms with Crippen molar-refractivity contribution in [1.82, 2.24) is 5.32 Å². The van der Waals surface area contributed by atoms with E-state index >= 15 is 0 Å². The van der Waals surface area contributed by atoms with Gasteiger partial charge in [0.15, 0.2) is 0 Å². The first kappa shape index (κ1) is 19.1. The van der Waals surface area contributed by atoms with Crippen LogP contribution in [-0.2, 0) is 4.79 Å². The summed E-state index contributed by atoms with van der Waals surface area (Å²) in [5, 5.41) is 21.8. The zero-order chi connectivity index (χ0) is 15.2. The van der Waals surface area contributed by atoms with Gasteiger partial charge in [-0.15, -0.1) is 0 Å². The van der Waals surface area contributed by atoms with Crippen molar-refractivity contribution in [3.63, 3.8) is 0 Å². The zero-order valence-electron chi connectivity index (χ0n) is 13.0. The Bertz CT molecular complexity index is 266. The number of amides is 1. The lowest BCUT2D eigenvalue weighted by atomic mass is 10.1. The van der Waals surface area contributed by atoms with Crippen LogP contribution in [0.2, 0.25) is 0 Å². The normalized spacial score (nSPS) is 14.4. The molecule has 0 aromatic heterocycles. The first-order valence-corrected chi connectivity index (χ1v) is 7.90. The summed E-state index contributed by atoms with van der Waals surface area (Å²) in [7, 11) is 0. The first-order chi connectivity index (χ1) is 9.65. The summed E-state index contributed by atoms with van der Waals surface area (Å²) in [6.07, 6.45) is 10.5. The molecule has 0 saturated heterocycles. The number of allylic oxidation sites excluding steroid dienone is 1. The molecule has 0 aliphatic rings. The molecular weight excluding hydrogens is 254 g/mol. The Balaban J connectivity index is 3.99. The molecule has 0 aromatic carbocycles. The summed E-state index contributed by atoms with van der Waals surface area (Å²) in [6, 6.07) is -0.605. The van der Waals surface area contributed by atoms with E-state index in [-0.39, 0.29) is 12.5 Å². The molecule has 118 valence electrons. The lowest BCUT2D eigenvalue weighted by Gasteiger charge is -2.19. The highest BCUT2D eigenvalue weighted by molar-refractivity contribution is 5.76. The summed E-state index contributed by atoms with van der Waals surface area (Å²) in [5.74, 6) is -0.0961. The van der Waals surface area contributed by atoms with Gasteiger partial charge in [0.25, 0.3) is 0 Å². The van der Waals surface area contributed by atoms with Gasteiger partial charge in [-0.25, -0.2) is 0 Å². The standard InChI is InChI=1S/C16H31NO3/c1-3-5-7-9-11-15(19)14(13-18)17-16(20)12-10-8-6-4-2/h9,11,14-15,18-19H,3-8,10,12-13H2,1-2H3,(H,17,20)/b11-9+. The van der Waals surface area contributed by atoms with Crippen molar-refractivity contribution in [3.8, 4) is 0 Å². The van der Waals surface area contributed by atoms with Crippen molar-refractivity contribution in [1.29, 1.82) is 0 Å². The number of aliphatic hydroxyl groups is 2. The maximum atomic E-state index is 11.7. The minimum atomic E-state index is -0.823. The Morgan fingerprint density at radius 1 is 1.15 bits per heavy atom. The topological polar surface area (TPSA) is 69.6 Å². The molecule has 0 aliphatic heterocycles. The molecule has 2 unspecified atom stereocenters. The number of rotatable bonds is 12. The molecule has 0 fully saturated rings. The minimum absolute atomic E-state index is 0.0961. The summed E-state index contributed by atoms with van der Waals surface area (Å²) in [6.45, 7) is 3.99. The van der Waals surface area contributed by atoms with Crippen LogP contribution in [0.1, 0.15) is 65.2 Å². The van der Waals surface area contributed by atoms with Gasteiger partial charge in [0.05, 0.1) is 18.8 Å². The average Bonchev–Trinajstić information content (AvgIpc) is 2.45. The van der Waals surface area contributed by atoms with Crippen LogP contribution in [0.5, 0.6) is 0 Å². The summed E-state index contributed by atoms with van der Waals surface area (Å²) >= 11 is 0. The van der Waals surface area contributed by atoms with Crippen molar-refractivity contribution in [3.05, 3.63) is 12.2 Å². The highest BCUT2D eigenvalue weighted by Crippen LogP contribution is 2.04. The summed E-state index contributed by atoms with van der Waals surface area (Å²) in [5.41, 5.74) is 0. The van der Waals surface area contributed by atoms with E-state index in [1.807, 2.05) is 6.08 Å². The predicted molar refractivity (Wildman–Crippen MR) is 82.4 cm³/mol. The Labute approximate surface area is 123 Å². The lowest BCUT2D eigenvalue weighted by molar-refractivity contribution is -0.123. The van der Waals surface area contributed by atoms with Crippen LogP contribution in [0, 0.1) is 0 Å². The molecule has 2 atom stereocenters. The van der Waals surface area contributed by atoms with Crippen LogP contribution >= 0.6 is 0 Å². The molecule has 0 spiro atoms. The third kappa shape index (κ3) is 9.98. The predicted octanol–water partition coefficient (Wildman–Crippen LogP) is 2.54. The van der Waals surface area contributed by atoms with Gasteiger partial charge in [-0.3, -0.25) is 4.79 Å². The van der Waals surface area contributed by atoms with E-state index in [9.17, 15) is 15.0 Å². The quantitative estimate of drug-likeness (QED) is 0.381. The number of unbranched alkanes of at least 4 members (excludes halogenated alkanes) is 5. The lowest BCUT2D eigenvalue weighted by Crippen LogP contribution is -2.45. The van der Waals surface area contributed by atoms with Crippen LogP contribution in [0.15, 0.2) is 12.2 Å². The van der Waals surface area contributed by atoms with E-state index in [0.717, 1.165) is 44.9 Å². The highest BCUT2D eigenvalue weighted by Gasteiger charge is 2.17. The van der Waals surface area contributed by atoms with Crippen molar-refractivity contribution in [2.75, 3.05) is 6.61 Å². The Hall–Kier alpha value is -0.870. The molecule has 1 amide bonds. The van der Waals surface area contributed by atoms with Gasteiger partial charge >= 0.3 is 0 Å². The SMILES string of the molecule is CCCC/C=C/C(O)C(CO)NC(=O)CCCCCC. The fourth-order valence-corrected chi connectivity index (χ4v) is 1.92. The number of carbonyl (C=O) groups is 1. The van der Waals surface area contributed by atoms with E-state index < -0.39 is 12.1 Å². The van der Waals surface area contributed by atoms with Crippen molar-refractivity contribution < 1.29 is 15.0 Å². The van der Waals surface area contributed by atoms with E-state index in [1.165, 1.54) is 0 Å². The summed E-state index contributed by atoms with van der Waals surface area (Å²) in [4.78, 5) is 11.7. The van der Waals surface area contributed by atoms with Crippen LogP contribution in [-0.4, -0.2) is 34.9 Å². The summed E-state index contributed by atoms with van der Waals surface area (Å²) < 4.78 is 0. The van der Waals surface area contributed by atoms with E-state index in [4.69, 9.17) is 0 Å². The molecule has 20 heavy (non-hydrogen) atoms. The molecule has 0 rings (SSSR count). The Kier molecular flexibility index (Phi) is 12.6. The van der Waals surface area contributed by atoms with Crippen LogP contribution < -0.4 is 5.32 Å². The zero-order valence-corrected chi connectivity index (χ0v) is 13.0. The fraction of sp³-hybridized carbons (Fsp3) is 0.812. The van der Waals surface area contributed by atoms with E-state index in [2.05, 4.69) is 19.2 Å². The van der Waals surface area contributed by atoms with Crippen molar-refractivity contribution in [2.24, 2.45) is 0 Å². The van der Waals surface area contributed by atoms with Crippen LogP contribution in [0.3, 0.4) is 0 Å². The number of aliphatic hydroxyl groups excluding tert-OH is 2. The number of hydrogen-bond donors (Lipinski definition) is 3. The van der Waals surface area contributed by atoms with Gasteiger partial charge in [-0.05, 0) is 12.8 Å². The second-order valence-electron chi connectivity index (χ2n) is 5.23. The number of carbonyl (C=O) groups excluding carboxylic acids is 1. The molecule has 3 N–H and O–H groups in total. The molecule has 0 aromatic rings. The average molecular weight is 285 g/mol. The molecule has 0 saturated carbocycles. The number of hydrogen-bond acceptors (Lipinski definition) is 3. The van der Waals surface area contributed by atoms with Crippen molar-refractivity contribution in [2.45, 2.75) is 77.4 Å². The number of nitrogens with one attached hydrogen (secondary N) is 1. The third-order valence-electron chi connectivity index (χ3n) is 3.27. The maximum Gasteiger partial charge on any atom is 0.220 e. The van der Waals surface area contributed by atoms with Gasteiger partial charge in [0, 0.05) is 6.42 Å². The largest absolute Gasteiger partial charge is 0.394 e. The van der Waals surface area contributed by atoms with Crippen molar-refractivity contribution >= 4 is 5.91 Å². The van der Waals surface area contributed by atoms with Crippen LogP contribution in [0.4, 0.5) is 0 Å². The molecule has 0 heterocycles. The van der Waals surface area contributed by atoms with E-state index in [0.29, 0.717) is 6.42 Å². The molecular formula is C16H31NO3. The second-order valence-corrected chi connectivity index (χ2v) is 5.23. The minimum Gasteiger partial charge on any atom is -0.394 e. The van der Waals surface area contributed by atoms with Gasteiger partial charge in [-0.2, -0.15) is 0 Å². The van der Waals surface area contributed by atoms with Gasteiger partial charge in [0.2, 0.25) is 5.91 Å². The van der Waals surface area contributed by atoms with Gasteiger partial charge < -0.3 is 15.5 Å². The molecule has 4 nitrogen and oxygen atoms in total. The highest BCUT2D eigenvalue weighted by atomic mass is 16.3. The molecule has 0 bridgehead atoms. The fourth-order valence-electron chi connectivity index (χ4n) is 1.92. The van der Waals surface area contributed by atoms with Gasteiger partial charge in [-0.1, -0.05) is 58.1 Å². The van der Waals surface area contributed by atoms with Gasteiger partial charge in [0.1, 0.15) is 0 Å². The monoisotopic (exact) mass is 285 g/mol. The third-order valence-corrected chi connectivity index (χ3v) is 3.27. The smallest absolute Gasteiger partial charge is 0.220 e. The Morgan fingerprint density at radius 3 is 2.45 bits per heavy atom.